The zero-order chi connectivity index (χ0) is 24.9. The molecule has 0 spiro atoms. The molecule has 3 heterocycles. The van der Waals surface area contributed by atoms with E-state index in [9.17, 15) is 9.59 Å². The second-order valence-corrected chi connectivity index (χ2v) is 8.83. The predicted octanol–water partition coefficient (Wildman–Crippen LogP) is 3.79. The van der Waals surface area contributed by atoms with Crippen molar-refractivity contribution in [3.05, 3.63) is 65.9 Å². The van der Waals surface area contributed by atoms with Crippen LogP contribution in [0.3, 0.4) is 0 Å². The zero-order valence-corrected chi connectivity index (χ0v) is 20.1. The van der Waals surface area contributed by atoms with E-state index in [1.165, 1.54) is 0 Å². The number of likely N-dealkylation sites (tertiary alicyclic amines) is 1. The summed E-state index contributed by atoms with van der Waals surface area (Å²) in [5.41, 5.74) is 2.55. The van der Waals surface area contributed by atoms with E-state index >= 15 is 0 Å². The van der Waals surface area contributed by atoms with Crippen molar-refractivity contribution in [3.63, 3.8) is 0 Å². The summed E-state index contributed by atoms with van der Waals surface area (Å²) in [6.45, 7) is 3.16. The van der Waals surface area contributed by atoms with Gasteiger partial charge in [0.1, 0.15) is 13.2 Å². The molecule has 0 bridgehead atoms. The molecular weight excluding hydrogens is 464 g/mol. The van der Waals surface area contributed by atoms with Crippen molar-refractivity contribution in [2.75, 3.05) is 40.0 Å². The first-order chi connectivity index (χ1) is 17.6. The number of hydrogen-bond acceptors (Lipinski definition) is 9. The molecule has 1 atom stereocenters. The minimum Gasteiger partial charge on any atom is -0.493 e. The molecule has 1 unspecified atom stereocenters. The summed E-state index contributed by atoms with van der Waals surface area (Å²) in [6, 6.07) is 13.3. The van der Waals surface area contributed by atoms with Crippen LogP contribution in [0, 0.1) is 0 Å². The minimum absolute atomic E-state index is 0.0711. The molecule has 0 radical (unpaired) electrons. The van der Waals surface area contributed by atoms with Gasteiger partial charge in [0, 0.05) is 30.0 Å². The molecule has 9 nitrogen and oxygen atoms in total. The molecule has 0 N–H and O–H groups in total. The van der Waals surface area contributed by atoms with Crippen molar-refractivity contribution in [3.8, 4) is 11.5 Å². The van der Waals surface area contributed by atoms with Gasteiger partial charge in [0.2, 0.25) is 0 Å². The number of fused-ring (bicyclic) bond motifs is 1. The molecule has 1 saturated heterocycles. The highest BCUT2D eigenvalue weighted by atomic mass is 16.6. The van der Waals surface area contributed by atoms with Crippen LogP contribution >= 0.6 is 0 Å². The number of benzene rings is 2. The Morgan fingerprint density at radius 2 is 1.83 bits per heavy atom. The third-order valence-electron chi connectivity index (χ3n) is 6.60. The number of carbonyl (C=O) groups excluding carboxylic acids is 2. The quantitative estimate of drug-likeness (QED) is 0.456. The molecule has 1 fully saturated rings. The smallest absolute Gasteiger partial charge is 0.331 e. The van der Waals surface area contributed by atoms with Crippen LogP contribution in [0.1, 0.15) is 36.1 Å². The number of carbonyl (C=O) groups is 2. The minimum atomic E-state index is -0.725. The van der Waals surface area contributed by atoms with Gasteiger partial charge >= 0.3 is 11.9 Å². The molecular formula is C27H28N2O7. The van der Waals surface area contributed by atoms with Gasteiger partial charge < -0.3 is 23.5 Å². The van der Waals surface area contributed by atoms with Gasteiger partial charge in [-0.3, -0.25) is 4.90 Å². The van der Waals surface area contributed by atoms with Gasteiger partial charge in [-0.1, -0.05) is 23.4 Å². The maximum atomic E-state index is 11.8. The molecule has 2 aliphatic heterocycles. The standard InChI is InChI=1S/C27H28N2O7/c1-32-23-16-19(24-17-34-25(30)8-9-26(31)35-24)6-7-22(23)33-15-14-29-12-10-18(11-13-29)27-20-4-2-3-5-21(20)36-28-27/h2-9,16,18,24H,10-15,17H2,1H3. The first-order valence-electron chi connectivity index (χ1n) is 12.0. The number of rotatable bonds is 7. The second kappa shape index (κ2) is 10.8. The van der Waals surface area contributed by atoms with Crippen molar-refractivity contribution >= 4 is 22.9 Å². The van der Waals surface area contributed by atoms with E-state index in [1.807, 2.05) is 18.2 Å². The molecule has 0 saturated carbocycles. The van der Waals surface area contributed by atoms with E-state index in [-0.39, 0.29) is 6.61 Å². The largest absolute Gasteiger partial charge is 0.493 e. The summed E-state index contributed by atoms with van der Waals surface area (Å²) < 4.78 is 27.5. The van der Waals surface area contributed by atoms with E-state index in [1.54, 1.807) is 25.3 Å². The Bertz CT molecular complexity index is 1260. The Morgan fingerprint density at radius 1 is 1.03 bits per heavy atom. The lowest BCUT2D eigenvalue weighted by molar-refractivity contribution is -0.155. The molecule has 0 amide bonds. The Labute approximate surface area is 208 Å². The molecule has 5 rings (SSSR count). The van der Waals surface area contributed by atoms with Crippen molar-refractivity contribution in [2.45, 2.75) is 24.9 Å². The lowest BCUT2D eigenvalue weighted by Crippen LogP contribution is -2.36. The highest BCUT2D eigenvalue weighted by Gasteiger charge is 2.25. The number of nitrogens with zero attached hydrogens (tertiary/aromatic N) is 2. The lowest BCUT2D eigenvalue weighted by Gasteiger charge is -2.31. The maximum absolute atomic E-state index is 11.8. The van der Waals surface area contributed by atoms with Gasteiger partial charge in [0.25, 0.3) is 0 Å². The van der Waals surface area contributed by atoms with Crippen molar-refractivity contribution in [1.29, 1.82) is 0 Å². The highest BCUT2D eigenvalue weighted by Crippen LogP contribution is 2.34. The van der Waals surface area contributed by atoms with Crippen LogP contribution < -0.4 is 9.47 Å². The number of hydrogen-bond donors (Lipinski definition) is 0. The van der Waals surface area contributed by atoms with Gasteiger partial charge in [0.05, 0.1) is 12.8 Å². The average molecular weight is 493 g/mol. The van der Waals surface area contributed by atoms with Gasteiger partial charge in [-0.2, -0.15) is 0 Å². The normalized spacial score (nSPS) is 19.4. The van der Waals surface area contributed by atoms with Crippen LogP contribution in [-0.4, -0.2) is 62.0 Å². The Hall–Kier alpha value is -3.85. The number of esters is 2. The number of piperidine rings is 1. The van der Waals surface area contributed by atoms with Crippen molar-refractivity contribution in [2.24, 2.45) is 0 Å². The SMILES string of the molecule is COc1cc(C2COC(=O)C=CC(=O)O2)ccc1OCCN1CCC(c2noc3ccccc23)CC1. The fourth-order valence-electron chi connectivity index (χ4n) is 4.64. The Kier molecular flexibility index (Phi) is 7.18. The van der Waals surface area contributed by atoms with Crippen LogP contribution in [0.25, 0.3) is 11.0 Å². The average Bonchev–Trinajstić information content (AvgIpc) is 3.34. The van der Waals surface area contributed by atoms with Crippen LogP contribution in [0.4, 0.5) is 0 Å². The summed E-state index contributed by atoms with van der Waals surface area (Å²) in [5, 5.41) is 5.45. The molecule has 9 heteroatoms. The Balaban J connectivity index is 1.14. The summed E-state index contributed by atoms with van der Waals surface area (Å²) >= 11 is 0. The summed E-state index contributed by atoms with van der Waals surface area (Å²) in [5.74, 6) is 0.331. The zero-order valence-electron chi connectivity index (χ0n) is 20.1. The van der Waals surface area contributed by atoms with Crippen molar-refractivity contribution < 1.29 is 33.1 Å². The second-order valence-electron chi connectivity index (χ2n) is 8.83. The maximum Gasteiger partial charge on any atom is 0.331 e. The van der Waals surface area contributed by atoms with E-state index in [2.05, 4.69) is 16.1 Å². The topological polar surface area (TPSA) is 100 Å². The van der Waals surface area contributed by atoms with Crippen LogP contribution in [-0.2, 0) is 19.1 Å². The first-order valence-corrected chi connectivity index (χ1v) is 12.0. The lowest BCUT2D eigenvalue weighted by atomic mass is 9.91. The molecule has 36 heavy (non-hydrogen) atoms. The Morgan fingerprint density at radius 3 is 2.67 bits per heavy atom. The van der Waals surface area contributed by atoms with Gasteiger partial charge in [-0.05, 0) is 55.8 Å². The number of para-hydroxylation sites is 1. The molecule has 0 aliphatic carbocycles. The number of ether oxygens (including phenoxy) is 4. The van der Waals surface area contributed by atoms with E-state index in [0.717, 1.165) is 61.3 Å². The van der Waals surface area contributed by atoms with E-state index in [4.69, 9.17) is 23.5 Å². The number of methoxy groups -OCH3 is 1. The third-order valence-corrected chi connectivity index (χ3v) is 6.60. The van der Waals surface area contributed by atoms with Gasteiger partial charge in [-0.15, -0.1) is 0 Å². The van der Waals surface area contributed by atoms with Crippen molar-refractivity contribution in [1.82, 2.24) is 10.1 Å². The predicted molar refractivity (Wildman–Crippen MR) is 130 cm³/mol. The number of aromatic nitrogens is 1. The van der Waals surface area contributed by atoms with Crippen LogP contribution in [0.15, 0.2) is 59.1 Å². The molecule has 2 aromatic carbocycles. The monoisotopic (exact) mass is 492 g/mol. The first kappa shape index (κ1) is 23.9. The molecule has 2 aliphatic rings. The number of cyclic esters (lactones) is 2. The summed E-state index contributed by atoms with van der Waals surface area (Å²) in [4.78, 5) is 25.8. The van der Waals surface area contributed by atoms with Crippen LogP contribution in [0.2, 0.25) is 0 Å². The van der Waals surface area contributed by atoms with Crippen LogP contribution in [0.5, 0.6) is 11.5 Å². The fourth-order valence-corrected chi connectivity index (χ4v) is 4.64. The summed E-state index contributed by atoms with van der Waals surface area (Å²) in [7, 11) is 1.55. The molecule has 1 aromatic heterocycles. The highest BCUT2D eigenvalue weighted by molar-refractivity contribution is 5.92. The third kappa shape index (κ3) is 5.36. The fraction of sp³-hybridized carbons (Fsp3) is 0.370. The molecule has 3 aromatic rings. The molecule has 188 valence electrons. The summed E-state index contributed by atoms with van der Waals surface area (Å²) in [6.07, 6.45) is 3.43. The van der Waals surface area contributed by atoms with Gasteiger partial charge in [0.15, 0.2) is 23.2 Å². The van der Waals surface area contributed by atoms with Gasteiger partial charge in [-0.25, -0.2) is 9.59 Å². The van der Waals surface area contributed by atoms with E-state index < -0.39 is 18.0 Å². The van der Waals surface area contributed by atoms with E-state index in [0.29, 0.717) is 29.6 Å².